The van der Waals surface area contributed by atoms with E-state index >= 15 is 0 Å². The summed E-state index contributed by atoms with van der Waals surface area (Å²) in [5.74, 6) is 1.72. The van der Waals surface area contributed by atoms with Crippen molar-refractivity contribution in [2.75, 3.05) is 26.4 Å². The molecule has 0 amide bonds. The zero-order chi connectivity index (χ0) is 16.8. The number of ether oxygens (including phenoxy) is 2. The Morgan fingerprint density at radius 3 is 2.96 bits per heavy atom. The lowest BCUT2D eigenvalue weighted by Crippen LogP contribution is -2.50. The highest BCUT2D eigenvalue weighted by Gasteiger charge is 2.34. The first kappa shape index (κ1) is 20.5. The van der Waals surface area contributed by atoms with Gasteiger partial charge in [-0.1, -0.05) is 25.5 Å². The zero-order valence-corrected chi connectivity index (χ0v) is 16.4. The number of nitrogens with one attached hydrogen (secondary N) is 2. The van der Waals surface area contributed by atoms with Crippen LogP contribution < -0.4 is 15.4 Å². The van der Waals surface area contributed by atoms with E-state index in [0.29, 0.717) is 18.0 Å². The summed E-state index contributed by atoms with van der Waals surface area (Å²) < 4.78 is 11.6. The number of hydrogen-bond donors (Lipinski definition) is 2. The number of aryl methyl sites for hydroxylation is 1. The zero-order valence-electron chi connectivity index (χ0n) is 15.6. The van der Waals surface area contributed by atoms with Crippen molar-refractivity contribution in [3.63, 3.8) is 0 Å². The Kier molecular flexibility index (Phi) is 8.50. The molecule has 25 heavy (non-hydrogen) atoms. The van der Waals surface area contributed by atoms with Gasteiger partial charge in [0.2, 0.25) is 0 Å². The van der Waals surface area contributed by atoms with Crippen molar-refractivity contribution in [3.05, 3.63) is 29.3 Å². The van der Waals surface area contributed by atoms with Gasteiger partial charge in [0.05, 0.1) is 19.8 Å². The van der Waals surface area contributed by atoms with Gasteiger partial charge in [-0.05, 0) is 43.7 Å². The first-order valence-corrected chi connectivity index (χ1v) is 9.54. The van der Waals surface area contributed by atoms with Gasteiger partial charge >= 0.3 is 0 Å². The molecule has 1 aromatic carbocycles. The van der Waals surface area contributed by atoms with Crippen LogP contribution in [0.4, 0.5) is 0 Å². The second-order valence-corrected chi connectivity index (χ2v) is 7.18. The number of hydrogen-bond acceptors (Lipinski definition) is 4. The molecular formula is C20H33ClN2O2. The molecule has 1 aliphatic carbocycles. The molecule has 0 bridgehead atoms. The molecule has 3 atom stereocenters. The third kappa shape index (κ3) is 5.58. The smallest absolute Gasteiger partial charge is 0.124 e. The van der Waals surface area contributed by atoms with Gasteiger partial charge in [-0.3, -0.25) is 0 Å². The topological polar surface area (TPSA) is 42.5 Å². The molecular weight excluding hydrogens is 336 g/mol. The number of rotatable bonds is 7. The molecule has 1 aromatic rings. The van der Waals surface area contributed by atoms with Crippen LogP contribution in [0.1, 0.15) is 43.7 Å². The molecule has 2 N–H and O–H groups in total. The van der Waals surface area contributed by atoms with Gasteiger partial charge in [-0.25, -0.2) is 0 Å². The van der Waals surface area contributed by atoms with Crippen molar-refractivity contribution in [3.8, 4) is 5.75 Å². The lowest BCUT2D eigenvalue weighted by atomic mass is 9.94. The van der Waals surface area contributed by atoms with E-state index in [-0.39, 0.29) is 12.4 Å². The normalized spacial score (nSPS) is 26.2. The monoisotopic (exact) mass is 368 g/mol. The maximum Gasteiger partial charge on any atom is 0.124 e. The van der Waals surface area contributed by atoms with Crippen molar-refractivity contribution in [1.29, 1.82) is 0 Å². The summed E-state index contributed by atoms with van der Waals surface area (Å²) in [7, 11) is 0. The maximum absolute atomic E-state index is 5.95. The summed E-state index contributed by atoms with van der Waals surface area (Å²) in [6.07, 6.45) is 4.91. The molecule has 0 aromatic heterocycles. The molecule has 5 heteroatoms. The fraction of sp³-hybridized carbons (Fsp3) is 0.700. The summed E-state index contributed by atoms with van der Waals surface area (Å²) >= 11 is 0. The van der Waals surface area contributed by atoms with E-state index in [1.807, 2.05) is 0 Å². The van der Waals surface area contributed by atoms with Crippen molar-refractivity contribution in [1.82, 2.24) is 10.6 Å². The molecule has 3 rings (SSSR count). The van der Waals surface area contributed by atoms with Crippen molar-refractivity contribution in [2.24, 2.45) is 5.92 Å². The van der Waals surface area contributed by atoms with E-state index in [4.69, 9.17) is 9.47 Å². The highest BCUT2D eigenvalue weighted by molar-refractivity contribution is 5.85. The van der Waals surface area contributed by atoms with Crippen LogP contribution in [0.15, 0.2) is 18.2 Å². The predicted molar refractivity (Wildman–Crippen MR) is 105 cm³/mol. The van der Waals surface area contributed by atoms with Gasteiger partial charge in [-0.15, -0.1) is 12.4 Å². The molecule has 0 radical (unpaired) electrons. The second-order valence-electron chi connectivity index (χ2n) is 7.18. The molecule has 3 unspecified atom stereocenters. The summed E-state index contributed by atoms with van der Waals surface area (Å²) in [5.41, 5.74) is 2.53. The summed E-state index contributed by atoms with van der Waals surface area (Å²) in [5, 5.41) is 7.45. The van der Waals surface area contributed by atoms with E-state index in [9.17, 15) is 0 Å². The molecule has 2 aliphatic rings. The van der Waals surface area contributed by atoms with Gasteiger partial charge in [0.25, 0.3) is 0 Å². The average Bonchev–Trinajstić information content (AvgIpc) is 3.08. The largest absolute Gasteiger partial charge is 0.493 e. The SMILES string of the molecule is CCCOc1cc(C)ccc1CNC1CCCC1C1COCCN1.Cl. The third-order valence-corrected chi connectivity index (χ3v) is 5.28. The van der Waals surface area contributed by atoms with Crippen molar-refractivity contribution >= 4 is 12.4 Å². The Morgan fingerprint density at radius 2 is 2.20 bits per heavy atom. The minimum absolute atomic E-state index is 0. The fourth-order valence-corrected chi connectivity index (χ4v) is 3.98. The quantitative estimate of drug-likeness (QED) is 0.773. The molecule has 0 spiro atoms. The maximum atomic E-state index is 5.95. The Morgan fingerprint density at radius 1 is 1.32 bits per heavy atom. The van der Waals surface area contributed by atoms with Crippen molar-refractivity contribution in [2.45, 2.75) is 58.2 Å². The molecule has 1 saturated carbocycles. The van der Waals surface area contributed by atoms with Gasteiger partial charge in [0, 0.05) is 30.7 Å². The number of benzene rings is 1. The minimum atomic E-state index is 0. The number of morpholine rings is 1. The van der Waals surface area contributed by atoms with Gasteiger partial charge in [-0.2, -0.15) is 0 Å². The van der Waals surface area contributed by atoms with Crippen LogP contribution in [0.2, 0.25) is 0 Å². The summed E-state index contributed by atoms with van der Waals surface area (Å²) in [6, 6.07) is 7.63. The van der Waals surface area contributed by atoms with Gasteiger partial charge in [0.15, 0.2) is 0 Å². The second kappa shape index (κ2) is 10.4. The molecule has 1 saturated heterocycles. The lowest BCUT2D eigenvalue weighted by Gasteiger charge is -2.33. The Labute approximate surface area is 158 Å². The van der Waals surface area contributed by atoms with Crippen LogP contribution in [-0.4, -0.2) is 38.4 Å². The van der Waals surface area contributed by atoms with Crippen LogP contribution in [0.25, 0.3) is 0 Å². The average molecular weight is 369 g/mol. The van der Waals surface area contributed by atoms with Crippen LogP contribution in [0.3, 0.4) is 0 Å². The minimum Gasteiger partial charge on any atom is -0.493 e. The van der Waals surface area contributed by atoms with Crippen LogP contribution in [-0.2, 0) is 11.3 Å². The van der Waals surface area contributed by atoms with Crippen LogP contribution in [0, 0.1) is 12.8 Å². The fourth-order valence-electron chi connectivity index (χ4n) is 3.98. The predicted octanol–water partition coefficient (Wildman–Crippen LogP) is 3.45. The Hall–Kier alpha value is -0.810. The first-order valence-electron chi connectivity index (χ1n) is 9.54. The molecule has 1 aliphatic heterocycles. The molecule has 142 valence electrons. The van der Waals surface area contributed by atoms with Crippen LogP contribution in [0.5, 0.6) is 5.75 Å². The van der Waals surface area contributed by atoms with E-state index in [1.54, 1.807) is 0 Å². The van der Waals surface area contributed by atoms with Gasteiger partial charge in [0.1, 0.15) is 5.75 Å². The van der Waals surface area contributed by atoms with E-state index in [0.717, 1.165) is 45.1 Å². The van der Waals surface area contributed by atoms with E-state index in [2.05, 4.69) is 42.7 Å². The lowest BCUT2D eigenvalue weighted by molar-refractivity contribution is 0.0524. The highest BCUT2D eigenvalue weighted by atomic mass is 35.5. The van der Waals surface area contributed by atoms with Gasteiger partial charge < -0.3 is 20.1 Å². The number of halogens is 1. The van der Waals surface area contributed by atoms with E-state index in [1.165, 1.54) is 30.4 Å². The molecule has 2 fully saturated rings. The van der Waals surface area contributed by atoms with Crippen molar-refractivity contribution < 1.29 is 9.47 Å². The third-order valence-electron chi connectivity index (χ3n) is 5.28. The molecule has 1 heterocycles. The summed E-state index contributed by atoms with van der Waals surface area (Å²) in [6.45, 7) is 8.63. The first-order chi connectivity index (χ1) is 11.8. The van der Waals surface area contributed by atoms with E-state index < -0.39 is 0 Å². The van der Waals surface area contributed by atoms with Crippen LogP contribution >= 0.6 is 12.4 Å². The summed E-state index contributed by atoms with van der Waals surface area (Å²) in [4.78, 5) is 0. The Bertz CT molecular complexity index is 520. The molecule has 4 nitrogen and oxygen atoms in total. The highest BCUT2D eigenvalue weighted by Crippen LogP contribution is 2.30. The Balaban J connectivity index is 0.00000225. The standard InChI is InChI=1S/C20H32N2O2.ClH/c1-3-10-24-20-12-15(2)7-8-16(20)13-22-18-6-4-5-17(18)19-14-23-11-9-21-19;/h7-8,12,17-19,21-22H,3-6,9-11,13-14H2,1-2H3;1H.